The second kappa shape index (κ2) is 7.38. The van der Waals surface area contributed by atoms with E-state index in [2.05, 4.69) is 9.37 Å². The Morgan fingerprint density at radius 2 is 2.12 bits per heavy atom. The first kappa shape index (κ1) is 19.2. The zero-order valence-corrected chi connectivity index (χ0v) is 16.2. The molecule has 1 heterocycles. The first-order chi connectivity index (χ1) is 11.6. The van der Waals surface area contributed by atoms with Gasteiger partial charge < -0.3 is 9.64 Å². The molecule has 0 spiro atoms. The van der Waals surface area contributed by atoms with E-state index in [0.29, 0.717) is 16.5 Å². The maximum atomic E-state index is 14.2. The Bertz CT molecular complexity index is 850. The molecule has 0 unspecified atom stereocenters. The lowest BCUT2D eigenvalue weighted by Gasteiger charge is -2.12. The van der Waals surface area contributed by atoms with Crippen LogP contribution in [0.4, 0.5) is 10.1 Å². The van der Waals surface area contributed by atoms with Gasteiger partial charge in [0.05, 0.1) is 17.0 Å². The van der Waals surface area contributed by atoms with Gasteiger partial charge in [-0.3, -0.25) is 0 Å². The number of aliphatic imine (C=N–C) groups is 1. The predicted molar refractivity (Wildman–Crippen MR) is 99.1 cm³/mol. The van der Waals surface area contributed by atoms with Crippen LogP contribution in [-0.2, 0) is 5.67 Å². The van der Waals surface area contributed by atoms with Crippen LogP contribution in [0.3, 0.4) is 0 Å². The fraction of sp³-hybridized carbons (Fsp3) is 0.353. The van der Waals surface area contributed by atoms with Gasteiger partial charge in [0.15, 0.2) is 0 Å². The molecule has 1 aromatic carbocycles. The average Bonchev–Trinajstić information content (AvgIpc) is 2.92. The van der Waals surface area contributed by atoms with Crippen LogP contribution in [0.15, 0.2) is 17.1 Å². The average molecular weight is 381 g/mol. The van der Waals surface area contributed by atoms with Crippen molar-refractivity contribution in [1.29, 1.82) is 5.26 Å². The standard InChI is InChI=1S/C17H18ClFN4OS/c1-10-6-13(21-9-23(4)5)12(18)7-14(10)24-16-11(8-20)15(22-25-16)17(2,3)19/h6-7,9H,1-5H3/b21-9-. The first-order valence-electron chi connectivity index (χ1n) is 7.41. The molecule has 0 saturated carbocycles. The Morgan fingerprint density at radius 1 is 1.44 bits per heavy atom. The fourth-order valence-electron chi connectivity index (χ4n) is 1.98. The highest BCUT2D eigenvalue weighted by Gasteiger charge is 2.29. The van der Waals surface area contributed by atoms with Crippen molar-refractivity contribution in [3.63, 3.8) is 0 Å². The van der Waals surface area contributed by atoms with Gasteiger partial charge in [-0.2, -0.15) is 9.64 Å². The molecule has 0 fully saturated rings. The van der Waals surface area contributed by atoms with Crippen LogP contribution < -0.4 is 4.74 Å². The predicted octanol–water partition coefficient (Wildman–Crippen LogP) is 5.19. The van der Waals surface area contributed by atoms with Gasteiger partial charge in [-0.25, -0.2) is 9.38 Å². The minimum absolute atomic E-state index is 0.0750. The van der Waals surface area contributed by atoms with Gasteiger partial charge in [-0.15, -0.1) is 0 Å². The summed E-state index contributed by atoms with van der Waals surface area (Å²) in [5.74, 6) is 0.470. The largest absolute Gasteiger partial charge is 0.443 e. The van der Waals surface area contributed by atoms with E-state index in [1.165, 1.54) is 13.8 Å². The van der Waals surface area contributed by atoms with Crippen molar-refractivity contribution in [1.82, 2.24) is 9.27 Å². The number of halogens is 2. The molecule has 0 aliphatic carbocycles. The van der Waals surface area contributed by atoms with E-state index in [1.807, 2.05) is 27.1 Å². The number of hydrogen-bond acceptors (Lipinski definition) is 5. The minimum Gasteiger partial charge on any atom is -0.443 e. The summed E-state index contributed by atoms with van der Waals surface area (Å²) < 4.78 is 24.0. The number of alkyl halides is 1. The molecular formula is C17H18ClFN4OS. The molecule has 0 bridgehead atoms. The molecule has 5 nitrogen and oxygen atoms in total. The number of aryl methyl sites for hydroxylation is 1. The number of nitriles is 1. The lowest BCUT2D eigenvalue weighted by molar-refractivity contribution is 0.215. The van der Waals surface area contributed by atoms with E-state index < -0.39 is 5.67 Å². The Balaban J connectivity index is 2.38. The van der Waals surface area contributed by atoms with E-state index in [0.717, 1.165) is 17.1 Å². The molecular weight excluding hydrogens is 363 g/mol. The summed E-state index contributed by atoms with van der Waals surface area (Å²) in [7, 11) is 3.72. The van der Waals surface area contributed by atoms with Crippen LogP contribution in [0, 0.1) is 18.3 Å². The molecule has 2 aromatic rings. The van der Waals surface area contributed by atoms with Crippen LogP contribution in [0.1, 0.15) is 30.7 Å². The highest BCUT2D eigenvalue weighted by atomic mass is 35.5. The number of nitrogens with zero attached hydrogens (tertiary/aromatic N) is 4. The SMILES string of the molecule is Cc1cc(/N=C\N(C)C)c(Cl)cc1Oc1snc(C(C)(C)F)c1C#N. The number of ether oxygens (including phenoxy) is 1. The molecule has 2 rings (SSSR count). The van der Waals surface area contributed by atoms with Crippen LogP contribution in [0.5, 0.6) is 10.8 Å². The second-order valence-corrected chi connectivity index (χ2v) is 7.30. The van der Waals surface area contributed by atoms with Gasteiger partial charge in [-0.05, 0) is 32.4 Å². The normalized spacial score (nSPS) is 11.6. The van der Waals surface area contributed by atoms with Gasteiger partial charge in [0.1, 0.15) is 28.7 Å². The Hall–Kier alpha value is -2.17. The monoisotopic (exact) mass is 380 g/mol. The lowest BCUT2D eigenvalue weighted by atomic mass is 10.0. The summed E-state index contributed by atoms with van der Waals surface area (Å²) in [6.45, 7) is 4.55. The van der Waals surface area contributed by atoms with Gasteiger partial charge in [-0.1, -0.05) is 11.6 Å². The molecule has 0 amide bonds. The molecule has 0 N–H and O–H groups in total. The summed E-state index contributed by atoms with van der Waals surface area (Å²) in [5.41, 5.74) is -0.154. The smallest absolute Gasteiger partial charge is 0.218 e. The number of aromatic nitrogens is 1. The van der Waals surface area contributed by atoms with E-state index >= 15 is 0 Å². The van der Waals surface area contributed by atoms with Crippen molar-refractivity contribution >= 4 is 35.2 Å². The molecule has 8 heteroatoms. The maximum absolute atomic E-state index is 14.2. The lowest BCUT2D eigenvalue weighted by Crippen LogP contribution is -2.11. The summed E-state index contributed by atoms with van der Waals surface area (Å²) in [6.07, 6.45) is 1.65. The number of rotatable bonds is 5. The third kappa shape index (κ3) is 4.47. The van der Waals surface area contributed by atoms with Gasteiger partial charge >= 0.3 is 0 Å². The second-order valence-electron chi connectivity index (χ2n) is 6.16. The van der Waals surface area contributed by atoms with Crippen molar-refractivity contribution in [3.8, 4) is 16.9 Å². The minimum atomic E-state index is -1.72. The molecule has 0 radical (unpaired) electrons. The van der Waals surface area contributed by atoms with E-state index in [4.69, 9.17) is 16.3 Å². The molecule has 0 aliphatic heterocycles. The molecule has 25 heavy (non-hydrogen) atoms. The molecule has 0 atom stereocenters. The third-order valence-electron chi connectivity index (χ3n) is 3.21. The van der Waals surface area contributed by atoms with E-state index in [9.17, 15) is 9.65 Å². The Morgan fingerprint density at radius 3 is 2.68 bits per heavy atom. The maximum Gasteiger partial charge on any atom is 0.218 e. The van der Waals surface area contributed by atoms with Crippen LogP contribution in [-0.4, -0.2) is 29.7 Å². The summed E-state index contributed by atoms with van der Waals surface area (Å²) in [5, 5.41) is 9.99. The molecule has 132 valence electrons. The fourth-order valence-corrected chi connectivity index (χ4v) is 3.03. The Labute approximate surface area is 155 Å². The summed E-state index contributed by atoms with van der Waals surface area (Å²) in [4.78, 5) is 6.08. The highest BCUT2D eigenvalue weighted by molar-refractivity contribution is 7.08. The highest BCUT2D eigenvalue weighted by Crippen LogP contribution is 2.40. The summed E-state index contributed by atoms with van der Waals surface area (Å²) >= 11 is 7.19. The number of benzene rings is 1. The molecule has 1 aromatic heterocycles. The van der Waals surface area contributed by atoms with E-state index in [1.54, 1.807) is 23.4 Å². The van der Waals surface area contributed by atoms with Gasteiger partial charge in [0.25, 0.3) is 0 Å². The van der Waals surface area contributed by atoms with E-state index in [-0.39, 0.29) is 16.3 Å². The zero-order valence-electron chi connectivity index (χ0n) is 14.6. The van der Waals surface area contributed by atoms with Crippen LogP contribution in [0.25, 0.3) is 0 Å². The van der Waals surface area contributed by atoms with Crippen molar-refractivity contribution in [2.75, 3.05) is 14.1 Å². The van der Waals surface area contributed by atoms with Crippen molar-refractivity contribution in [2.24, 2.45) is 4.99 Å². The van der Waals surface area contributed by atoms with Gasteiger partial charge in [0.2, 0.25) is 5.06 Å². The number of hydrogen-bond donors (Lipinski definition) is 0. The van der Waals surface area contributed by atoms with Crippen LogP contribution >= 0.6 is 23.1 Å². The van der Waals surface area contributed by atoms with Crippen molar-refractivity contribution in [3.05, 3.63) is 34.0 Å². The van der Waals surface area contributed by atoms with Gasteiger partial charge in [0, 0.05) is 31.7 Å². The molecule has 0 saturated heterocycles. The van der Waals surface area contributed by atoms with Crippen molar-refractivity contribution < 1.29 is 9.13 Å². The van der Waals surface area contributed by atoms with Crippen LogP contribution in [0.2, 0.25) is 5.02 Å². The molecule has 0 aliphatic rings. The zero-order chi connectivity index (χ0) is 18.8. The topological polar surface area (TPSA) is 61.5 Å². The quantitative estimate of drug-likeness (QED) is 0.528. The Kier molecular flexibility index (Phi) is 5.65. The third-order valence-corrected chi connectivity index (χ3v) is 4.24. The summed E-state index contributed by atoms with van der Waals surface area (Å²) in [6, 6.07) is 5.38. The van der Waals surface area contributed by atoms with Crippen molar-refractivity contribution in [2.45, 2.75) is 26.4 Å². The first-order valence-corrected chi connectivity index (χ1v) is 8.56.